The van der Waals surface area contributed by atoms with Crippen molar-refractivity contribution >= 4 is 5.97 Å². The molecule has 0 aliphatic carbocycles. The molecule has 0 bridgehead atoms. The number of ether oxygens (including phenoxy) is 3. The van der Waals surface area contributed by atoms with Gasteiger partial charge in [0.15, 0.2) is 6.29 Å². The molecule has 17 heavy (non-hydrogen) atoms. The van der Waals surface area contributed by atoms with E-state index in [2.05, 4.69) is 6.07 Å². The Hall–Kier alpha value is -1.12. The average molecular weight is 241 g/mol. The van der Waals surface area contributed by atoms with E-state index in [0.29, 0.717) is 6.42 Å². The van der Waals surface area contributed by atoms with Crippen LogP contribution in [0, 0.1) is 22.7 Å². The fourth-order valence-electron chi connectivity index (χ4n) is 1.52. The molecule has 0 N–H and O–H groups in total. The minimum absolute atomic E-state index is 0.105. The molecule has 1 aliphatic rings. The van der Waals surface area contributed by atoms with E-state index < -0.39 is 11.5 Å². The second-order valence-corrected chi connectivity index (χ2v) is 5.16. The Bertz CT molecular complexity index is 315. The Labute approximate surface area is 102 Å². The Kier molecular flexibility index (Phi) is 4.49. The first kappa shape index (κ1) is 13.9. The molecule has 0 radical (unpaired) electrons. The molecule has 1 fully saturated rings. The second kappa shape index (κ2) is 5.48. The van der Waals surface area contributed by atoms with Gasteiger partial charge in [0.2, 0.25) is 0 Å². The lowest BCUT2D eigenvalue weighted by atomic mass is 9.97. The van der Waals surface area contributed by atoms with Crippen molar-refractivity contribution < 1.29 is 19.0 Å². The first-order valence-corrected chi connectivity index (χ1v) is 5.63. The molecule has 1 saturated heterocycles. The third-order valence-corrected chi connectivity index (χ3v) is 2.64. The van der Waals surface area contributed by atoms with Gasteiger partial charge in [-0.05, 0) is 20.8 Å². The normalized spacial score (nSPS) is 28.8. The standard InChI is InChI=1S/C12H19NO4/c1-12(2,3)11(14)16-7-9-8(6-13)5-10(15-4)17-9/h8-10H,5,7H2,1-4H3/t8-,9-,10+/m1/s1. The molecule has 5 nitrogen and oxygen atoms in total. The van der Waals surface area contributed by atoms with E-state index >= 15 is 0 Å². The zero-order chi connectivity index (χ0) is 13.1. The molecule has 1 heterocycles. The number of esters is 1. The van der Waals surface area contributed by atoms with E-state index in [0.717, 1.165) is 0 Å². The molecular weight excluding hydrogens is 222 g/mol. The highest BCUT2D eigenvalue weighted by atomic mass is 16.7. The number of nitriles is 1. The zero-order valence-corrected chi connectivity index (χ0v) is 10.7. The highest BCUT2D eigenvalue weighted by Crippen LogP contribution is 2.27. The topological polar surface area (TPSA) is 68.5 Å². The van der Waals surface area contributed by atoms with Gasteiger partial charge in [0, 0.05) is 13.5 Å². The lowest BCUT2D eigenvalue weighted by Crippen LogP contribution is -2.29. The Balaban J connectivity index is 2.47. The molecule has 0 aromatic rings. The Morgan fingerprint density at radius 1 is 1.53 bits per heavy atom. The Morgan fingerprint density at radius 3 is 2.65 bits per heavy atom. The minimum atomic E-state index is -0.540. The molecule has 3 atom stereocenters. The summed E-state index contributed by atoms with van der Waals surface area (Å²) < 4.78 is 15.6. The summed E-state index contributed by atoms with van der Waals surface area (Å²) in [6.07, 6.45) is -0.251. The fraction of sp³-hybridized carbons (Fsp3) is 0.833. The molecule has 0 aromatic heterocycles. The van der Waals surface area contributed by atoms with Crippen LogP contribution in [-0.2, 0) is 19.0 Å². The van der Waals surface area contributed by atoms with Gasteiger partial charge in [-0.3, -0.25) is 4.79 Å². The summed E-state index contributed by atoms with van der Waals surface area (Å²) in [5.41, 5.74) is -0.540. The third kappa shape index (κ3) is 3.69. The quantitative estimate of drug-likeness (QED) is 0.700. The van der Waals surface area contributed by atoms with Crippen molar-refractivity contribution in [2.75, 3.05) is 13.7 Å². The van der Waals surface area contributed by atoms with Crippen molar-refractivity contribution in [3.8, 4) is 6.07 Å². The van der Waals surface area contributed by atoms with Gasteiger partial charge in [-0.1, -0.05) is 0 Å². The number of hydrogen-bond acceptors (Lipinski definition) is 5. The summed E-state index contributed by atoms with van der Waals surface area (Å²) in [6.45, 7) is 5.45. The highest BCUT2D eigenvalue weighted by molar-refractivity contribution is 5.75. The summed E-state index contributed by atoms with van der Waals surface area (Å²) in [4.78, 5) is 11.6. The van der Waals surface area contributed by atoms with Crippen LogP contribution in [0.3, 0.4) is 0 Å². The van der Waals surface area contributed by atoms with Crippen molar-refractivity contribution in [2.45, 2.75) is 39.6 Å². The number of rotatable bonds is 3. The SMILES string of the molecule is CO[C@@H]1C[C@H](C#N)[C@@H](COC(=O)C(C)(C)C)O1. The van der Waals surface area contributed by atoms with Crippen molar-refractivity contribution in [3.05, 3.63) is 0 Å². The molecule has 0 aromatic carbocycles. The third-order valence-electron chi connectivity index (χ3n) is 2.64. The number of carbonyl (C=O) groups is 1. The van der Waals surface area contributed by atoms with Gasteiger partial charge < -0.3 is 14.2 Å². The lowest BCUT2D eigenvalue weighted by Gasteiger charge is -2.19. The maximum atomic E-state index is 11.6. The van der Waals surface area contributed by atoms with E-state index in [1.165, 1.54) is 7.11 Å². The predicted octanol–water partition coefficient (Wildman–Crippen LogP) is 1.48. The summed E-state index contributed by atoms with van der Waals surface area (Å²) in [7, 11) is 1.53. The Morgan fingerprint density at radius 2 is 2.18 bits per heavy atom. The van der Waals surface area contributed by atoms with Gasteiger partial charge in [0.05, 0.1) is 17.4 Å². The summed E-state index contributed by atoms with van der Waals surface area (Å²) in [5.74, 6) is -0.577. The molecule has 0 spiro atoms. The molecule has 0 unspecified atom stereocenters. The molecular formula is C12H19NO4. The lowest BCUT2D eigenvalue weighted by molar-refractivity contribution is -0.164. The maximum Gasteiger partial charge on any atom is 0.311 e. The fourth-order valence-corrected chi connectivity index (χ4v) is 1.52. The smallest absolute Gasteiger partial charge is 0.311 e. The van der Waals surface area contributed by atoms with Crippen molar-refractivity contribution in [3.63, 3.8) is 0 Å². The van der Waals surface area contributed by atoms with E-state index in [-0.39, 0.29) is 24.8 Å². The van der Waals surface area contributed by atoms with Gasteiger partial charge in [0.25, 0.3) is 0 Å². The largest absolute Gasteiger partial charge is 0.462 e. The van der Waals surface area contributed by atoms with Crippen LogP contribution in [0.2, 0.25) is 0 Å². The number of hydrogen-bond donors (Lipinski definition) is 0. The van der Waals surface area contributed by atoms with Crippen molar-refractivity contribution in [2.24, 2.45) is 11.3 Å². The summed E-state index contributed by atoms with van der Waals surface area (Å²) in [6, 6.07) is 2.14. The summed E-state index contributed by atoms with van der Waals surface area (Å²) >= 11 is 0. The van der Waals surface area contributed by atoms with Crippen molar-refractivity contribution in [1.82, 2.24) is 0 Å². The first-order chi connectivity index (χ1) is 7.88. The van der Waals surface area contributed by atoms with Gasteiger partial charge in [-0.2, -0.15) is 5.26 Å². The first-order valence-electron chi connectivity index (χ1n) is 5.63. The van der Waals surface area contributed by atoms with Crippen LogP contribution in [0.1, 0.15) is 27.2 Å². The minimum Gasteiger partial charge on any atom is -0.462 e. The van der Waals surface area contributed by atoms with E-state index in [1.807, 2.05) is 0 Å². The van der Waals surface area contributed by atoms with E-state index in [1.54, 1.807) is 20.8 Å². The highest BCUT2D eigenvalue weighted by Gasteiger charge is 2.37. The van der Waals surface area contributed by atoms with Gasteiger partial charge in [0.1, 0.15) is 12.7 Å². The molecule has 96 valence electrons. The van der Waals surface area contributed by atoms with Gasteiger partial charge in [-0.25, -0.2) is 0 Å². The number of nitrogens with zero attached hydrogens (tertiary/aromatic N) is 1. The van der Waals surface area contributed by atoms with Gasteiger partial charge >= 0.3 is 5.97 Å². The van der Waals surface area contributed by atoms with Crippen molar-refractivity contribution in [1.29, 1.82) is 5.26 Å². The van der Waals surface area contributed by atoms with E-state index in [4.69, 9.17) is 19.5 Å². The van der Waals surface area contributed by atoms with Gasteiger partial charge in [-0.15, -0.1) is 0 Å². The molecule has 0 amide bonds. The van der Waals surface area contributed by atoms with Crippen LogP contribution >= 0.6 is 0 Å². The average Bonchev–Trinajstić information content (AvgIpc) is 2.66. The van der Waals surface area contributed by atoms with Crippen LogP contribution in [-0.4, -0.2) is 32.1 Å². The van der Waals surface area contributed by atoms with Crippen LogP contribution in [0.25, 0.3) is 0 Å². The molecule has 5 heteroatoms. The maximum absolute atomic E-state index is 11.6. The summed E-state index contributed by atoms with van der Waals surface area (Å²) in [5, 5.41) is 8.95. The zero-order valence-electron chi connectivity index (χ0n) is 10.7. The van der Waals surface area contributed by atoms with Crippen LogP contribution in [0.5, 0.6) is 0 Å². The van der Waals surface area contributed by atoms with Crippen LogP contribution in [0.4, 0.5) is 0 Å². The number of carbonyl (C=O) groups excluding carboxylic acids is 1. The van der Waals surface area contributed by atoms with Crippen LogP contribution in [0.15, 0.2) is 0 Å². The van der Waals surface area contributed by atoms with E-state index in [9.17, 15) is 4.79 Å². The number of methoxy groups -OCH3 is 1. The monoisotopic (exact) mass is 241 g/mol. The molecule has 1 aliphatic heterocycles. The molecule has 0 saturated carbocycles. The predicted molar refractivity (Wildman–Crippen MR) is 59.8 cm³/mol. The van der Waals surface area contributed by atoms with Crippen LogP contribution < -0.4 is 0 Å². The second-order valence-electron chi connectivity index (χ2n) is 5.16. The molecule has 1 rings (SSSR count).